The van der Waals surface area contributed by atoms with Gasteiger partial charge in [-0.1, -0.05) is 31.1 Å². The van der Waals surface area contributed by atoms with E-state index in [0.29, 0.717) is 11.6 Å². The summed E-state index contributed by atoms with van der Waals surface area (Å²) >= 11 is 1.46. The molecule has 0 saturated carbocycles. The van der Waals surface area contributed by atoms with Crippen LogP contribution in [0.2, 0.25) is 0 Å². The number of nitrogens with zero attached hydrogens (tertiary/aromatic N) is 3. The second-order valence-electron chi connectivity index (χ2n) is 5.10. The highest BCUT2D eigenvalue weighted by atomic mass is 32.1. The summed E-state index contributed by atoms with van der Waals surface area (Å²) in [7, 11) is 0. The third-order valence-corrected chi connectivity index (χ3v) is 4.22. The van der Waals surface area contributed by atoms with Crippen molar-refractivity contribution in [2.24, 2.45) is 0 Å². The fraction of sp³-hybridized carbons (Fsp3) is 0.571. The van der Waals surface area contributed by atoms with E-state index in [4.69, 9.17) is 0 Å². The molecule has 2 N–H and O–H groups in total. The molecule has 0 aliphatic heterocycles. The highest BCUT2D eigenvalue weighted by Crippen LogP contribution is 2.18. The van der Waals surface area contributed by atoms with E-state index in [2.05, 4.69) is 32.6 Å². The molecule has 0 aromatic carbocycles. The number of H-pyrrole nitrogens is 1. The summed E-state index contributed by atoms with van der Waals surface area (Å²) in [6.07, 6.45) is 4.73. The lowest BCUT2D eigenvalue weighted by Crippen LogP contribution is -2.15. The van der Waals surface area contributed by atoms with Gasteiger partial charge in [0.05, 0.1) is 12.1 Å². The second kappa shape index (κ2) is 7.31. The highest BCUT2D eigenvalue weighted by molar-refractivity contribution is 7.15. The molecule has 0 aliphatic rings. The first-order chi connectivity index (χ1) is 10.1. The van der Waals surface area contributed by atoms with Gasteiger partial charge in [0.15, 0.2) is 0 Å². The van der Waals surface area contributed by atoms with Crippen LogP contribution < -0.4 is 5.32 Å². The van der Waals surface area contributed by atoms with Crippen molar-refractivity contribution >= 4 is 22.4 Å². The Morgan fingerprint density at radius 3 is 2.76 bits per heavy atom. The normalized spacial score (nSPS) is 10.8. The molecule has 0 saturated heterocycles. The second-order valence-corrected chi connectivity index (χ2v) is 6.16. The zero-order valence-electron chi connectivity index (χ0n) is 12.7. The summed E-state index contributed by atoms with van der Waals surface area (Å²) in [4.78, 5) is 12.0. The predicted octanol–water partition coefficient (Wildman–Crippen LogP) is 2.79. The van der Waals surface area contributed by atoms with E-state index in [1.165, 1.54) is 24.2 Å². The molecule has 6 nitrogen and oxygen atoms in total. The highest BCUT2D eigenvalue weighted by Gasteiger charge is 2.13. The zero-order chi connectivity index (χ0) is 15.2. The van der Waals surface area contributed by atoms with E-state index in [-0.39, 0.29) is 5.91 Å². The Balaban J connectivity index is 1.88. The van der Waals surface area contributed by atoms with Crippen molar-refractivity contribution in [3.05, 3.63) is 22.0 Å². The molecular formula is C14H21N5OS. The summed E-state index contributed by atoms with van der Waals surface area (Å²) in [6.45, 7) is 5.98. The fourth-order valence-corrected chi connectivity index (χ4v) is 2.89. The number of hydrogen-bond donors (Lipinski definition) is 2. The number of amides is 1. The first kappa shape index (κ1) is 15.6. The molecule has 0 radical (unpaired) electrons. The summed E-state index contributed by atoms with van der Waals surface area (Å²) < 4.78 is 0. The maximum absolute atomic E-state index is 12.0. The van der Waals surface area contributed by atoms with Crippen LogP contribution in [0.4, 0.5) is 5.13 Å². The SMILES string of the molecule is CCCCCc1nnc(NC(=O)Cc2c(C)n[nH]c2C)s1. The van der Waals surface area contributed by atoms with Gasteiger partial charge >= 0.3 is 0 Å². The van der Waals surface area contributed by atoms with Crippen LogP contribution >= 0.6 is 11.3 Å². The Labute approximate surface area is 128 Å². The molecule has 7 heteroatoms. The Morgan fingerprint density at radius 2 is 2.10 bits per heavy atom. The summed E-state index contributed by atoms with van der Waals surface area (Å²) in [5.41, 5.74) is 2.74. The van der Waals surface area contributed by atoms with Gasteiger partial charge in [-0.3, -0.25) is 9.89 Å². The van der Waals surface area contributed by atoms with Crippen LogP contribution in [0, 0.1) is 13.8 Å². The molecule has 2 aromatic rings. The number of aryl methyl sites for hydroxylation is 3. The molecule has 0 spiro atoms. The molecule has 2 heterocycles. The molecule has 2 rings (SSSR count). The summed E-state index contributed by atoms with van der Waals surface area (Å²) in [5, 5.41) is 19.5. The monoisotopic (exact) mass is 307 g/mol. The van der Waals surface area contributed by atoms with Crippen LogP contribution in [0.15, 0.2) is 0 Å². The van der Waals surface area contributed by atoms with Crippen molar-refractivity contribution < 1.29 is 4.79 Å². The lowest BCUT2D eigenvalue weighted by Gasteiger charge is -2.01. The standard InChI is InChI=1S/C14H21N5OS/c1-4-5-6-7-13-18-19-14(21-13)15-12(20)8-11-9(2)16-17-10(11)3/h4-8H2,1-3H3,(H,16,17)(H,15,19,20). The summed E-state index contributed by atoms with van der Waals surface area (Å²) in [6, 6.07) is 0. The Kier molecular flexibility index (Phi) is 5.44. The van der Waals surface area contributed by atoms with Crippen molar-refractivity contribution in [3.63, 3.8) is 0 Å². The van der Waals surface area contributed by atoms with Crippen molar-refractivity contribution in [2.45, 2.75) is 52.9 Å². The van der Waals surface area contributed by atoms with Crippen LogP contribution in [-0.4, -0.2) is 26.3 Å². The van der Waals surface area contributed by atoms with E-state index in [1.807, 2.05) is 13.8 Å². The average Bonchev–Trinajstić information content (AvgIpc) is 3.01. The van der Waals surface area contributed by atoms with Gasteiger partial charge in [-0.25, -0.2) is 0 Å². The predicted molar refractivity (Wildman–Crippen MR) is 83.5 cm³/mol. The minimum atomic E-state index is -0.0844. The number of anilines is 1. The third kappa shape index (κ3) is 4.35. The largest absolute Gasteiger partial charge is 0.300 e. The van der Waals surface area contributed by atoms with Crippen LogP contribution in [0.3, 0.4) is 0 Å². The van der Waals surface area contributed by atoms with E-state index < -0.39 is 0 Å². The van der Waals surface area contributed by atoms with Crippen molar-refractivity contribution in [1.29, 1.82) is 0 Å². The van der Waals surface area contributed by atoms with Gasteiger partial charge in [0.2, 0.25) is 11.0 Å². The van der Waals surface area contributed by atoms with Crippen LogP contribution in [0.1, 0.15) is 48.1 Å². The molecule has 0 fully saturated rings. The molecular weight excluding hydrogens is 286 g/mol. The number of nitrogens with one attached hydrogen (secondary N) is 2. The van der Waals surface area contributed by atoms with Crippen LogP contribution in [0.25, 0.3) is 0 Å². The van der Waals surface area contributed by atoms with E-state index in [1.54, 1.807) is 0 Å². The Morgan fingerprint density at radius 1 is 1.29 bits per heavy atom. The first-order valence-electron chi connectivity index (χ1n) is 7.22. The van der Waals surface area contributed by atoms with Gasteiger partial charge in [0.25, 0.3) is 0 Å². The average molecular weight is 307 g/mol. The molecule has 114 valence electrons. The minimum absolute atomic E-state index is 0.0844. The fourth-order valence-electron chi connectivity index (χ4n) is 2.09. The maximum atomic E-state index is 12.0. The van der Waals surface area contributed by atoms with Crippen molar-refractivity contribution in [2.75, 3.05) is 5.32 Å². The van der Waals surface area contributed by atoms with Gasteiger partial charge in [0.1, 0.15) is 5.01 Å². The molecule has 0 aliphatic carbocycles. The molecule has 0 bridgehead atoms. The van der Waals surface area contributed by atoms with E-state index in [9.17, 15) is 4.79 Å². The van der Waals surface area contributed by atoms with Crippen LogP contribution in [-0.2, 0) is 17.6 Å². The molecule has 0 unspecified atom stereocenters. The number of carbonyl (C=O) groups excluding carboxylic acids is 1. The quantitative estimate of drug-likeness (QED) is 0.770. The minimum Gasteiger partial charge on any atom is -0.300 e. The van der Waals surface area contributed by atoms with Gasteiger partial charge in [0, 0.05) is 17.7 Å². The Bertz CT molecular complexity index is 585. The number of unbranched alkanes of at least 4 members (excludes halogenated alkanes) is 2. The van der Waals surface area contributed by atoms with Crippen LogP contribution in [0.5, 0.6) is 0 Å². The van der Waals surface area contributed by atoms with Crippen molar-refractivity contribution in [3.8, 4) is 0 Å². The third-order valence-electron chi connectivity index (χ3n) is 3.33. The van der Waals surface area contributed by atoms with E-state index >= 15 is 0 Å². The number of carbonyl (C=O) groups is 1. The molecule has 1 amide bonds. The molecule has 21 heavy (non-hydrogen) atoms. The zero-order valence-corrected chi connectivity index (χ0v) is 13.5. The lowest BCUT2D eigenvalue weighted by atomic mass is 10.1. The first-order valence-corrected chi connectivity index (χ1v) is 8.04. The van der Waals surface area contributed by atoms with Gasteiger partial charge in [-0.05, 0) is 20.3 Å². The number of rotatable bonds is 7. The Hall–Kier alpha value is -1.76. The topological polar surface area (TPSA) is 83.6 Å². The smallest absolute Gasteiger partial charge is 0.230 e. The summed E-state index contributed by atoms with van der Waals surface area (Å²) in [5.74, 6) is -0.0844. The number of aromatic nitrogens is 4. The van der Waals surface area contributed by atoms with Crippen molar-refractivity contribution in [1.82, 2.24) is 20.4 Å². The molecule has 0 atom stereocenters. The number of hydrogen-bond acceptors (Lipinski definition) is 5. The van der Waals surface area contributed by atoms with Gasteiger partial charge in [-0.2, -0.15) is 5.10 Å². The van der Waals surface area contributed by atoms with Gasteiger partial charge in [-0.15, -0.1) is 10.2 Å². The molecule has 2 aromatic heterocycles. The van der Waals surface area contributed by atoms with Gasteiger partial charge < -0.3 is 5.32 Å². The lowest BCUT2D eigenvalue weighted by molar-refractivity contribution is -0.115. The maximum Gasteiger partial charge on any atom is 0.230 e. The van der Waals surface area contributed by atoms with E-state index in [0.717, 1.165) is 34.8 Å². The number of aromatic amines is 1.